The molecule has 3 N–H and O–H groups in total. The summed E-state index contributed by atoms with van der Waals surface area (Å²) in [5, 5.41) is 23.2. The molecule has 0 radical (unpaired) electrons. The van der Waals surface area contributed by atoms with Crippen molar-refractivity contribution in [3.63, 3.8) is 0 Å². The third kappa shape index (κ3) is 61.2. The molecule has 442 valence electrons. The van der Waals surface area contributed by atoms with E-state index in [4.69, 9.17) is 4.74 Å². The van der Waals surface area contributed by atoms with E-state index in [0.717, 1.165) is 44.9 Å². The smallest absolute Gasteiger partial charge is 0.305 e. The number of unbranched alkanes of at least 4 members (excludes halogenated alkanes) is 48. The summed E-state index contributed by atoms with van der Waals surface area (Å²) in [7, 11) is 0. The second-order valence-corrected chi connectivity index (χ2v) is 23.2. The first-order valence-electron chi connectivity index (χ1n) is 33.8. The van der Waals surface area contributed by atoms with Gasteiger partial charge in [0.25, 0.3) is 0 Å². The Morgan fingerprint density at radius 2 is 0.667 bits per heavy atom. The Morgan fingerprint density at radius 3 is 1.01 bits per heavy atom. The highest BCUT2D eigenvalue weighted by atomic mass is 16.5. The number of nitrogens with one attached hydrogen (secondary N) is 1. The van der Waals surface area contributed by atoms with Crippen molar-refractivity contribution in [3.05, 3.63) is 36.5 Å². The maximum atomic E-state index is 12.5. The van der Waals surface area contributed by atoms with Gasteiger partial charge in [-0.05, 0) is 64.2 Å². The summed E-state index contributed by atoms with van der Waals surface area (Å²) in [4.78, 5) is 24.6. The predicted octanol–water partition coefficient (Wildman–Crippen LogP) is 21.5. The van der Waals surface area contributed by atoms with Crippen LogP contribution in [0.1, 0.15) is 367 Å². The number of aliphatic hydroxyl groups excluding tert-OH is 2. The van der Waals surface area contributed by atoms with Gasteiger partial charge in [0.05, 0.1) is 25.4 Å². The van der Waals surface area contributed by atoms with Gasteiger partial charge in [-0.2, -0.15) is 0 Å². The lowest BCUT2D eigenvalue weighted by atomic mass is 10.0. The molecule has 0 bridgehead atoms. The van der Waals surface area contributed by atoms with E-state index in [1.807, 2.05) is 6.08 Å². The summed E-state index contributed by atoms with van der Waals surface area (Å²) < 4.78 is 5.49. The predicted molar refractivity (Wildman–Crippen MR) is 329 cm³/mol. The largest absolute Gasteiger partial charge is 0.466 e. The van der Waals surface area contributed by atoms with Crippen molar-refractivity contribution in [1.29, 1.82) is 0 Å². The number of carbonyl (C=O) groups excluding carboxylic acids is 2. The molecule has 0 spiro atoms. The Labute approximate surface area is 468 Å². The van der Waals surface area contributed by atoms with Crippen molar-refractivity contribution in [2.24, 2.45) is 0 Å². The van der Waals surface area contributed by atoms with Crippen molar-refractivity contribution < 1.29 is 24.5 Å². The van der Waals surface area contributed by atoms with Gasteiger partial charge in [0.2, 0.25) is 5.91 Å². The number of carbonyl (C=O) groups is 2. The number of ether oxygens (including phenoxy) is 1. The fourth-order valence-corrected chi connectivity index (χ4v) is 10.5. The number of rotatable bonds is 63. The number of amides is 1. The normalized spacial score (nSPS) is 12.7. The summed E-state index contributed by atoms with van der Waals surface area (Å²) >= 11 is 0. The molecule has 2 unspecified atom stereocenters. The summed E-state index contributed by atoms with van der Waals surface area (Å²) in [6, 6.07) is -0.633. The zero-order valence-corrected chi connectivity index (χ0v) is 50.5. The van der Waals surface area contributed by atoms with Gasteiger partial charge >= 0.3 is 5.97 Å². The molecular weight excluding hydrogens is 923 g/mol. The Balaban J connectivity index is 3.45. The standard InChI is InChI=1S/C69H131NO5/c1-3-5-7-9-11-13-15-17-19-20-30-34-37-41-45-49-53-57-61-67(72)66(65-71)70-68(73)62-58-54-50-46-42-38-35-31-28-26-24-22-21-23-25-27-29-32-36-40-44-48-52-56-60-64-75-69(74)63-59-55-51-47-43-39-33-18-16-14-12-10-8-6-4-2/h22-25,57,61,66-67,71-72H,3-21,26-56,58-60,62-65H2,1-2H3,(H,70,73)/b24-22-,25-23-,61-57+. The number of hydrogen-bond donors (Lipinski definition) is 3. The van der Waals surface area contributed by atoms with Crippen molar-refractivity contribution in [2.45, 2.75) is 379 Å². The van der Waals surface area contributed by atoms with E-state index < -0.39 is 12.1 Å². The highest BCUT2D eigenvalue weighted by Gasteiger charge is 2.18. The lowest BCUT2D eigenvalue weighted by Gasteiger charge is -2.20. The van der Waals surface area contributed by atoms with Gasteiger partial charge in [0, 0.05) is 12.8 Å². The molecule has 6 heteroatoms. The average molecular weight is 1050 g/mol. The van der Waals surface area contributed by atoms with Crippen LogP contribution in [0.2, 0.25) is 0 Å². The van der Waals surface area contributed by atoms with Crippen LogP contribution in [0, 0.1) is 0 Å². The zero-order valence-electron chi connectivity index (χ0n) is 50.5. The third-order valence-corrected chi connectivity index (χ3v) is 15.7. The van der Waals surface area contributed by atoms with Gasteiger partial charge < -0.3 is 20.3 Å². The lowest BCUT2D eigenvalue weighted by molar-refractivity contribution is -0.143. The van der Waals surface area contributed by atoms with Crippen LogP contribution in [0.5, 0.6) is 0 Å². The van der Waals surface area contributed by atoms with Gasteiger partial charge in [0.15, 0.2) is 0 Å². The van der Waals surface area contributed by atoms with Gasteiger partial charge in [-0.25, -0.2) is 0 Å². The molecule has 75 heavy (non-hydrogen) atoms. The van der Waals surface area contributed by atoms with Crippen LogP contribution in [0.15, 0.2) is 36.5 Å². The number of hydrogen-bond acceptors (Lipinski definition) is 5. The van der Waals surface area contributed by atoms with Crippen LogP contribution in [0.3, 0.4) is 0 Å². The van der Waals surface area contributed by atoms with Crippen molar-refractivity contribution >= 4 is 11.9 Å². The Kier molecular flexibility index (Phi) is 63.0. The second kappa shape index (κ2) is 64.6. The molecule has 0 rings (SSSR count). The van der Waals surface area contributed by atoms with E-state index in [0.29, 0.717) is 19.4 Å². The summed E-state index contributed by atoms with van der Waals surface area (Å²) in [5.41, 5.74) is 0. The van der Waals surface area contributed by atoms with Gasteiger partial charge in [-0.3, -0.25) is 9.59 Å². The van der Waals surface area contributed by atoms with E-state index in [1.165, 1.54) is 295 Å². The quantitative estimate of drug-likeness (QED) is 0.0320. The Hall–Kier alpha value is -1.92. The van der Waals surface area contributed by atoms with Gasteiger partial charge in [0.1, 0.15) is 0 Å². The molecule has 0 aromatic heterocycles. The van der Waals surface area contributed by atoms with Crippen molar-refractivity contribution in [1.82, 2.24) is 5.32 Å². The first kappa shape index (κ1) is 73.1. The number of esters is 1. The Morgan fingerprint density at radius 1 is 0.373 bits per heavy atom. The summed E-state index contributed by atoms with van der Waals surface area (Å²) in [6.07, 6.45) is 82.0. The molecule has 0 aromatic rings. The molecule has 1 amide bonds. The first-order chi connectivity index (χ1) is 37.0. The zero-order chi connectivity index (χ0) is 54.3. The first-order valence-corrected chi connectivity index (χ1v) is 33.8. The summed E-state index contributed by atoms with van der Waals surface area (Å²) in [5.74, 6) is -0.0598. The number of aliphatic hydroxyl groups is 2. The lowest BCUT2D eigenvalue weighted by Crippen LogP contribution is -2.45. The molecule has 0 aliphatic rings. The third-order valence-electron chi connectivity index (χ3n) is 15.7. The maximum Gasteiger partial charge on any atom is 0.305 e. The summed E-state index contributed by atoms with van der Waals surface area (Å²) in [6.45, 7) is 4.93. The molecule has 0 heterocycles. The molecule has 2 atom stereocenters. The number of allylic oxidation sites excluding steroid dienone is 5. The van der Waals surface area contributed by atoms with Crippen LogP contribution in [0.25, 0.3) is 0 Å². The van der Waals surface area contributed by atoms with Gasteiger partial charge in [-0.1, -0.05) is 326 Å². The van der Waals surface area contributed by atoms with E-state index in [1.54, 1.807) is 6.08 Å². The molecule has 0 fully saturated rings. The molecule has 0 aliphatic carbocycles. The second-order valence-electron chi connectivity index (χ2n) is 23.2. The molecule has 0 saturated carbocycles. The Bertz CT molecular complexity index is 1210. The fourth-order valence-electron chi connectivity index (χ4n) is 10.5. The SMILES string of the molecule is CCCCCCCCCCCCCCCCCC/C=C/C(O)C(CO)NC(=O)CCCCCCCCCCC/C=C\C/C=C\CCCCCCCCCCCOC(=O)CCCCCCCCCCCCCCCCC. The monoisotopic (exact) mass is 1050 g/mol. The maximum absolute atomic E-state index is 12.5. The van der Waals surface area contributed by atoms with E-state index in [9.17, 15) is 19.8 Å². The van der Waals surface area contributed by atoms with Crippen LogP contribution < -0.4 is 5.32 Å². The minimum atomic E-state index is -0.849. The molecule has 6 nitrogen and oxygen atoms in total. The van der Waals surface area contributed by atoms with Crippen molar-refractivity contribution in [3.8, 4) is 0 Å². The van der Waals surface area contributed by atoms with E-state index in [2.05, 4.69) is 43.5 Å². The van der Waals surface area contributed by atoms with E-state index in [-0.39, 0.29) is 18.5 Å². The highest BCUT2D eigenvalue weighted by Crippen LogP contribution is 2.18. The average Bonchev–Trinajstić information content (AvgIpc) is 3.41. The van der Waals surface area contributed by atoms with Crippen LogP contribution in [-0.2, 0) is 14.3 Å². The molecular formula is C69H131NO5. The van der Waals surface area contributed by atoms with Crippen LogP contribution in [0.4, 0.5) is 0 Å². The molecule has 0 aliphatic heterocycles. The van der Waals surface area contributed by atoms with Crippen molar-refractivity contribution in [2.75, 3.05) is 13.2 Å². The topological polar surface area (TPSA) is 95.9 Å². The highest BCUT2D eigenvalue weighted by molar-refractivity contribution is 5.76. The fraction of sp³-hybridized carbons (Fsp3) is 0.884. The minimum Gasteiger partial charge on any atom is -0.466 e. The van der Waals surface area contributed by atoms with Gasteiger partial charge in [-0.15, -0.1) is 0 Å². The van der Waals surface area contributed by atoms with Crippen LogP contribution in [-0.4, -0.2) is 47.4 Å². The van der Waals surface area contributed by atoms with E-state index >= 15 is 0 Å². The molecule has 0 saturated heterocycles. The molecule has 0 aromatic carbocycles. The van der Waals surface area contributed by atoms with Crippen LogP contribution >= 0.6 is 0 Å². The minimum absolute atomic E-state index is 0.0118.